The SMILES string of the molecule is COC(=O)C(O)c1ccc(-n2ccnc2)c(Br)c1. The van der Waals surface area contributed by atoms with Crippen molar-refractivity contribution in [3.63, 3.8) is 0 Å². The third kappa shape index (κ3) is 2.44. The van der Waals surface area contributed by atoms with Crippen LogP contribution in [0.25, 0.3) is 5.69 Å². The Bertz CT molecular complexity index is 554. The Morgan fingerprint density at radius 1 is 1.56 bits per heavy atom. The molecule has 1 aromatic heterocycles. The number of halogens is 1. The zero-order chi connectivity index (χ0) is 13.1. The molecule has 1 heterocycles. The van der Waals surface area contributed by atoms with Gasteiger partial charge in [-0.3, -0.25) is 0 Å². The van der Waals surface area contributed by atoms with E-state index in [1.165, 1.54) is 7.11 Å². The maximum Gasteiger partial charge on any atom is 0.339 e. The summed E-state index contributed by atoms with van der Waals surface area (Å²) in [6, 6.07) is 5.13. The van der Waals surface area contributed by atoms with Crippen LogP contribution in [0.2, 0.25) is 0 Å². The van der Waals surface area contributed by atoms with Gasteiger partial charge in [0.1, 0.15) is 0 Å². The van der Waals surface area contributed by atoms with Crippen LogP contribution >= 0.6 is 15.9 Å². The van der Waals surface area contributed by atoms with Gasteiger partial charge in [0, 0.05) is 16.9 Å². The normalized spacial score (nSPS) is 12.2. The van der Waals surface area contributed by atoms with Gasteiger partial charge in [0.15, 0.2) is 6.10 Å². The molecule has 0 amide bonds. The quantitative estimate of drug-likeness (QED) is 0.879. The van der Waals surface area contributed by atoms with Gasteiger partial charge >= 0.3 is 5.97 Å². The third-order valence-electron chi connectivity index (χ3n) is 2.49. The Balaban J connectivity index is 2.33. The van der Waals surface area contributed by atoms with E-state index < -0.39 is 12.1 Å². The lowest BCUT2D eigenvalue weighted by Crippen LogP contribution is -2.13. The van der Waals surface area contributed by atoms with Gasteiger partial charge in [-0.05, 0) is 33.6 Å². The lowest BCUT2D eigenvalue weighted by atomic mass is 10.1. The van der Waals surface area contributed by atoms with E-state index in [-0.39, 0.29) is 0 Å². The van der Waals surface area contributed by atoms with Crippen LogP contribution in [0, 0.1) is 0 Å². The highest BCUT2D eigenvalue weighted by Crippen LogP contribution is 2.25. The van der Waals surface area contributed by atoms with Crippen LogP contribution < -0.4 is 0 Å². The molecule has 2 rings (SSSR count). The number of carbonyl (C=O) groups excluding carboxylic acids is 1. The number of aliphatic hydroxyl groups excluding tert-OH is 1. The van der Waals surface area contributed by atoms with Crippen LogP contribution in [0.5, 0.6) is 0 Å². The third-order valence-corrected chi connectivity index (χ3v) is 3.13. The number of carbonyl (C=O) groups is 1. The van der Waals surface area contributed by atoms with Crippen molar-refractivity contribution in [2.24, 2.45) is 0 Å². The van der Waals surface area contributed by atoms with Crippen molar-refractivity contribution in [3.8, 4) is 5.69 Å². The molecule has 0 saturated heterocycles. The Morgan fingerprint density at radius 2 is 2.33 bits per heavy atom. The molecule has 1 unspecified atom stereocenters. The zero-order valence-corrected chi connectivity index (χ0v) is 11.2. The minimum atomic E-state index is -1.27. The van der Waals surface area contributed by atoms with Crippen molar-refractivity contribution in [3.05, 3.63) is 47.0 Å². The average molecular weight is 311 g/mol. The number of aliphatic hydroxyl groups is 1. The summed E-state index contributed by atoms with van der Waals surface area (Å²) < 4.78 is 7.06. The van der Waals surface area contributed by atoms with Gasteiger partial charge in [0.25, 0.3) is 0 Å². The number of nitrogens with zero attached hydrogens (tertiary/aromatic N) is 2. The van der Waals surface area contributed by atoms with Gasteiger partial charge < -0.3 is 14.4 Å². The molecule has 2 aromatic rings. The van der Waals surface area contributed by atoms with Crippen LogP contribution in [-0.4, -0.2) is 27.7 Å². The standard InChI is InChI=1S/C12H11BrN2O3/c1-18-12(17)11(16)8-2-3-10(9(13)6-8)15-5-4-14-7-15/h2-7,11,16H,1H3. The first-order chi connectivity index (χ1) is 8.63. The highest BCUT2D eigenvalue weighted by Gasteiger charge is 2.18. The van der Waals surface area contributed by atoms with Gasteiger partial charge in [-0.1, -0.05) is 6.07 Å². The number of benzene rings is 1. The number of ether oxygens (including phenoxy) is 1. The lowest BCUT2D eigenvalue weighted by molar-refractivity contribution is -0.150. The van der Waals surface area contributed by atoms with Gasteiger partial charge in [-0.25, -0.2) is 9.78 Å². The fraction of sp³-hybridized carbons (Fsp3) is 0.167. The molecule has 0 bridgehead atoms. The minimum Gasteiger partial charge on any atom is -0.467 e. The number of hydrogen-bond donors (Lipinski definition) is 1. The average Bonchev–Trinajstić information content (AvgIpc) is 2.90. The van der Waals surface area contributed by atoms with Gasteiger partial charge in [-0.2, -0.15) is 0 Å². The van der Waals surface area contributed by atoms with Crippen molar-refractivity contribution in [1.29, 1.82) is 0 Å². The van der Waals surface area contributed by atoms with Crippen molar-refractivity contribution >= 4 is 21.9 Å². The van der Waals surface area contributed by atoms with Crippen molar-refractivity contribution < 1.29 is 14.6 Å². The highest BCUT2D eigenvalue weighted by atomic mass is 79.9. The van der Waals surface area contributed by atoms with Crippen LogP contribution in [-0.2, 0) is 9.53 Å². The summed E-state index contributed by atoms with van der Waals surface area (Å²) in [6.45, 7) is 0. The second-order valence-corrected chi connectivity index (χ2v) is 4.46. The molecule has 0 saturated carbocycles. The molecule has 6 heteroatoms. The molecular formula is C12H11BrN2O3. The predicted molar refractivity (Wildman–Crippen MR) is 68.2 cm³/mol. The Labute approximate surface area is 112 Å². The van der Waals surface area contributed by atoms with Crippen molar-refractivity contribution in [2.75, 3.05) is 7.11 Å². The number of methoxy groups -OCH3 is 1. The topological polar surface area (TPSA) is 64.3 Å². The predicted octanol–water partition coefficient (Wildman–Crippen LogP) is 1.84. The molecule has 1 aromatic carbocycles. The fourth-order valence-corrected chi connectivity index (χ4v) is 2.15. The second-order valence-electron chi connectivity index (χ2n) is 3.61. The summed E-state index contributed by atoms with van der Waals surface area (Å²) in [5.74, 6) is -0.683. The molecule has 5 nitrogen and oxygen atoms in total. The molecule has 0 fully saturated rings. The van der Waals surface area contributed by atoms with E-state index in [0.29, 0.717) is 5.56 Å². The summed E-state index contributed by atoms with van der Waals surface area (Å²) >= 11 is 3.40. The maximum atomic E-state index is 11.2. The van der Waals surface area contributed by atoms with Gasteiger partial charge in [0.2, 0.25) is 0 Å². The summed E-state index contributed by atoms with van der Waals surface area (Å²) in [4.78, 5) is 15.2. The van der Waals surface area contributed by atoms with E-state index in [1.54, 1.807) is 36.9 Å². The number of rotatable bonds is 3. The molecule has 0 radical (unpaired) electrons. The summed E-state index contributed by atoms with van der Waals surface area (Å²) in [5, 5.41) is 9.72. The largest absolute Gasteiger partial charge is 0.467 e. The molecule has 0 aliphatic carbocycles. The zero-order valence-electron chi connectivity index (χ0n) is 9.58. The number of hydrogen-bond acceptors (Lipinski definition) is 4. The highest BCUT2D eigenvalue weighted by molar-refractivity contribution is 9.10. The van der Waals surface area contributed by atoms with E-state index in [1.807, 2.05) is 4.57 Å². The first-order valence-electron chi connectivity index (χ1n) is 5.17. The van der Waals surface area contributed by atoms with E-state index in [4.69, 9.17) is 0 Å². The number of imidazole rings is 1. The van der Waals surface area contributed by atoms with Crippen LogP contribution in [0.4, 0.5) is 0 Å². The maximum absolute atomic E-state index is 11.2. The summed E-state index contributed by atoms with van der Waals surface area (Å²) in [6.07, 6.45) is 3.86. The van der Waals surface area contributed by atoms with Gasteiger partial charge in [-0.15, -0.1) is 0 Å². The molecule has 0 aliphatic heterocycles. The van der Waals surface area contributed by atoms with Crippen molar-refractivity contribution in [1.82, 2.24) is 9.55 Å². The monoisotopic (exact) mass is 310 g/mol. The fourth-order valence-electron chi connectivity index (χ4n) is 1.55. The Morgan fingerprint density at radius 3 is 2.89 bits per heavy atom. The number of esters is 1. The Kier molecular flexibility index (Phi) is 3.78. The molecule has 1 atom stereocenters. The second kappa shape index (κ2) is 5.32. The lowest BCUT2D eigenvalue weighted by Gasteiger charge is -2.11. The first-order valence-corrected chi connectivity index (χ1v) is 5.96. The molecule has 0 aliphatic rings. The van der Waals surface area contributed by atoms with E-state index in [0.717, 1.165) is 10.2 Å². The van der Waals surface area contributed by atoms with Crippen molar-refractivity contribution in [2.45, 2.75) is 6.10 Å². The van der Waals surface area contributed by atoms with Crippen LogP contribution in [0.1, 0.15) is 11.7 Å². The molecule has 0 spiro atoms. The summed E-state index contributed by atoms with van der Waals surface area (Å²) in [7, 11) is 1.24. The first kappa shape index (κ1) is 12.8. The Hall–Kier alpha value is -1.66. The molecular weight excluding hydrogens is 300 g/mol. The minimum absolute atomic E-state index is 0.470. The van der Waals surface area contributed by atoms with Crippen LogP contribution in [0.3, 0.4) is 0 Å². The molecule has 1 N–H and O–H groups in total. The van der Waals surface area contributed by atoms with E-state index in [2.05, 4.69) is 25.7 Å². The van der Waals surface area contributed by atoms with Crippen LogP contribution in [0.15, 0.2) is 41.4 Å². The van der Waals surface area contributed by atoms with E-state index in [9.17, 15) is 9.90 Å². The smallest absolute Gasteiger partial charge is 0.339 e. The van der Waals surface area contributed by atoms with Gasteiger partial charge in [0.05, 0.1) is 19.1 Å². The summed E-state index contributed by atoms with van der Waals surface area (Å²) in [5.41, 5.74) is 1.34. The van der Waals surface area contributed by atoms with E-state index >= 15 is 0 Å². The number of aromatic nitrogens is 2. The molecule has 94 valence electrons. The molecule has 18 heavy (non-hydrogen) atoms.